The van der Waals surface area contributed by atoms with Gasteiger partial charge in [0.1, 0.15) is 0 Å². The summed E-state index contributed by atoms with van der Waals surface area (Å²) < 4.78 is 2.85. The highest BCUT2D eigenvalue weighted by molar-refractivity contribution is 9.11. The van der Waals surface area contributed by atoms with Crippen molar-refractivity contribution in [1.29, 1.82) is 0 Å². The number of hydrogen-bond donors (Lipinski definition) is 0. The van der Waals surface area contributed by atoms with E-state index >= 15 is 0 Å². The molecule has 0 atom stereocenters. The van der Waals surface area contributed by atoms with Gasteiger partial charge in [-0.3, -0.25) is 9.48 Å². The number of nitrogens with zero attached hydrogens (tertiary/aromatic N) is 2. The third-order valence-electron chi connectivity index (χ3n) is 3.29. The molecule has 2 heterocycles. The minimum Gasteiger partial charge on any atom is -0.293 e. The summed E-state index contributed by atoms with van der Waals surface area (Å²) in [6.45, 7) is 1.99. The Morgan fingerprint density at radius 2 is 2.15 bits per heavy atom. The first-order valence-corrected chi connectivity index (χ1v) is 7.87. The van der Waals surface area contributed by atoms with Gasteiger partial charge >= 0.3 is 0 Å². The Morgan fingerprint density at radius 1 is 1.40 bits per heavy atom. The summed E-state index contributed by atoms with van der Waals surface area (Å²) in [6.07, 6.45) is 0.341. The first-order chi connectivity index (χ1) is 9.56. The largest absolute Gasteiger partial charge is 0.293 e. The number of hydrogen-bond acceptors (Lipinski definition) is 3. The van der Waals surface area contributed by atoms with Crippen molar-refractivity contribution in [3.63, 3.8) is 0 Å². The molecule has 0 unspecified atom stereocenters. The average Bonchev–Trinajstić information content (AvgIpc) is 2.92. The van der Waals surface area contributed by atoms with E-state index in [0.29, 0.717) is 6.42 Å². The molecule has 0 amide bonds. The Kier molecular flexibility index (Phi) is 3.48. The summed E-state index contributed by atoms with van der Waals surface area (Å²) in [5.41, 5.74) is 3.00. The van der Waals surface area contributed by atoms with Crippen LogP contribution in [0.2, 0.25) is 0 Å². The number of aryl methyl sites for hydroxylation is 2. The van der Waals surface area contributed by atoms with Crippen LogP contribution in [0.5, 0.6) is 0 Å². The fourth-order valence-corrected chi connectivity index (χ4v) is 3.73. The zero-order chi connectivity index (χ0) is 14.3. The lowest BCUT2D eigenvalue weighted by Gasteiger charge is -1.95. The van der Waals surface area contributed by atoms with Gasteiger partial charge in [0.05, 0.1) is 26.3 Å². The molecule has 3 nitrogen and oxygen atoms in total. The number of halogens is 1. The number of thiophene rings is 1. The highest BCUT2D eigenvalue weighted by atomic mass is 79.9. The predicted octanol–water partition coefficient (Wildman–Crippen LogP) is 4.13. The molecule has 3 aromatic rings. The van der Waals surface area contributed by atoms with Crippen LogP contribution in [0, 0.1) is 6.92 Å². The molecule has 0 aliphatic carbocycles. The lowest BCUT2D eigenvalue weighted by Crippen LogP contribution is -2.02. The first kappa shape index (κ1) is 13.5. The predicted molar refractivity (Wildman–Crippen MR) is 85.5 cm³/mol. The molecular formula is C15H13BrN2OS. The molecule has 0 spiro atoms. The Bertz CT molecular complexity index is 784. The van der Waals surface area contributed by atoms with Crippen LogP contribution >= 0.6 is 27.3 Å². The molecule has 0 bridgehead atoms. The van der Waals surface area contributed by atoms with Crippen molar-refractivity contribution in [2.75, 3.05) is 0 Å². The highest BCUT2D eigenvalue weighted by Crippen LogP contribution is 2.28. The standard InChI is InChI=1S/C15H13BrN2OS/c1-9-7-14(20-15(9)16)13(19)8-11-10-5-3-4-6-12(10)18(2)17-11/h3-7H,8H2,1-2H3. The maximum Gasteiger partial charge on any atom is 0.178 e. The van der Waals surface area contributed by atoms with E-state index in [9.17, 15) is 4.79 Å². The van der Waals surface area contributed by atoms with Crippen LogP contribution in [0.25, 0.3) is 10.9 Å². The van der Waals surface area contributed by atoms with Gasteiger partial charge in [-0.05, 0) is 40.5 Å². The van der Waals surface area contributed by atoms with E-state index in [2.05, 4.69) is 21.0 Å². The maximum atomic E-state index is 12.4. The van der Waals surface area contributed by atoms with Crippen LogP contribution in [-0.4, -0.2) is 15.6 Å². The smallest absolute Gasteiger partial charge is 0.178 e. The number of carbonyl (C=O) groups is 1. The molecule has 3 rings (SSSR count). The third kappa shape index (κ3) is 2.31. The van der Waals surface area contributed by atoms with Crippen LogP contribution in [0.1, 0.15) is 20.9 Å². The first-order valence-electron chi connectivity index (χ1n) is 6.26. The fraction of sp³-hybridized carbons (Fsp3) is 0.200. The van der Waals surface area contributed by atoms with Gasteiger partial charge in [0.25, 0.3) is 0 Å². The Labute approximate surface area is 129 Å². The molecule has 20 heavy (non-hydrogen) atoms. The summed E-state index contributed by atoms with van der Waals surface area (Å²) in [5.74, 6) is 0.118. The molecule has 5 heteroatoms. The maximum absolute atomic E-state index is 12.4. The van der Waals surface area contributed by atoms with E-state index in [1.54, 1.807) is 0 Å². The SMILES string of the molecule is Cc1cc(C(=O)Cc2nn(C)c3ccccc23)sc1Br. The molecular weight excluding hydrogens is 336 g/mol. The Hall–Kier alpha value is -1.46. The summed E-state index contributed by atoms with van der Waals surface area (Å²) in [4.78, 5) is 13.2. The van der Waals surface area contributed by atoms with Crippen molar-refractivity contribution in [3.05, 3.63) is 50.3 Å². The number of rotatable bonds is 3. The molecule has 1 aromatic carbocycles. The van der Waals surface area contributed by atoms with Gasteiger partial charge in [0.15, 0.2) is 5.78 Å². The number of ketones is 1. The molecule has 2 aromatic heterocycles. The molecule has 0 fully saturated rings. The lowest BCUT2D eigenvalue weighted by molar-refractivity contribution is 0.0996. The number of aromatic nitrogens is 2. The minimum absolute atomic E-state index is 0.118. The van der Waals surface area contributed by atoms with Gasteiger partial charge in [0, 0.05) is 12.4 Å². The molecule has 0 saturated carbocycles. The normalized spacial score (nSPS) is 11.2. The number of para-hydroxylation sites is 1. The number of carbonyl (C=O) groups excluding carboxylic acids is 1. The zero-order valence-electron chi connectivity index (χ0n) is 11.2. The van der Waals surface area contributed by atoms with E-state index in [4.69, 9.17) is 0 Å². The zero-order valence-corrected chi connectivity index (χ0v) is 13.6. The fourth-order valence-electron chi connectivity index (χ4n) is 2.26. The van der Waals surface area contributed by atoms with Crippen molar-refractivity contribution < 1.29 is 4.79 Å². The molecule has 0 N–H and O–H groups in total. The third-order valence-corrected chi connectivity index (χ3v) is 5.47. The van der Waals surface area contributed by atoms with E-state index < -0.39 is 0 Å². The van der Waals surface area contributed by atoms with Gasteiger partial charge in [-0.1, -0.05) is 18.2 Å². The second-order valence-corrected chi connectivity index (χ2v) is 7.12. The minimum atomic E-state index is 0.118. The highest BCUT2D eigenvalue weighted by Gasteiger charge is 2.16. The summed E-state index contributed by atoms with van der Waals surface area (Å²) in [7, 11) is 1.90. The lowest BCUT2D eigenvalue weighted by atomic mass is 10.1. The van der Waals surface area contributed by atoms with Crippen molar-refractivity contribution in [3.8, 4) is 0 Å². The molecule has 0 aliphatic heterocycles. The van der Waals surface area contributed by atoms with Crippen molar-refractivity contribution in [1.82, 2.24) is 9.78 Å². The van der Waals surface area contributed by atoms with Crippen LogP contribution in [-0.2, 0) is 13.5 Å². The van der Waals surface area contributed by atoms with Gasteiger partial charge in [-0.25, -0.2) is 0 Å². The monoisotopic (exact) mass is 348 g/mol. The average molecular weight is 349 g/mol. The summed E-state index contributed by atoms with van der Waals surface area (Å²) in [5, 5.41) is 5.52. The van der Waals surface area contributed by atoms with E-state index in [0.717, 1.165) is 30.8 Å². The van der Waals surface area contributed by atoms with Crippen LogP contribution in [0.15, 0.2) is 34.1 Å². The van der Waals surface area contributed by atoms with Crippen LogP contribution in [0.4, 0.5) is 0 Å². The number of Topliss-reactive ketones (excluding diaryl/α,β-unsaturated/α-hetero) is 1. The van der Waals surface area contributed by atoms with Crippen molar-refractivity contribution >= 4 is 44.0 Å². The van der Waals surface area contributed by atoms with Gasteiger partial charge in [0.2, 0.25) is 0 Å². The van der Waals surface area contributed by atoms with E-state index in [1.807, 2.05) is 49.0 Å². The van der Waals surface area contributed by atoms with Crippen molar-refractivity contribution in [2.24, 2.45) is 7.05 Å². The van der Waals surface area contributed by atoms with E-state index in [1.165, 1.54) is 11.3 Å². The van der Waals surface area contributed by atoms with Gasteiger partial charge in [-0.2, -0.15) is 5.10 Å². The summed E-state index contributed by atoms with van der Waals surface area (Å²) in [6, 6.07) is 9.92. The molecule has 102 valence electrons. The van der Waals surface area contributed by atoms with Gasteiger partial charge in [-0.15, -0.1) is 11.3 Å². The Morgan fingerprint density at radius 3 is 2.85 bits per heavy atom. The Balaban J connectivity index is 1.95. The van der Waals surface area contributed by atoms with Crippen LogP contribution in [0.3, 0.4) is 0 Å². The number of benzene rings is 1. The van der Waals surface area contributed by atoms with Crippen molar-refractivity contribution in [2.45, 2.75) is 13.3 Å². The van der Waals surface area contributed by atoms with E-state index in [-0.39, 0.29) is 5.78 Å². The second kappa shape index (κ2) is 5.14. The topological polar surface area (TPSA) is 34.9 Å². The molecule has 0 radical (unpaired) electrons. The van der Waals surface area contributed by atoms with Gasteiger partial charge < -0.3 is 0 Å². The second-order valence-electron chi connectivity index (χ2n) is 4.75. The number of fused-ring (bicyclic) bond motifs is 1. The summed E-state index contributed by atoms with van der Waals surface area (Å²) >= 11 is 4.95. The quantitative estimate of drug-likeness (QED) is 0.667. The molecule has 0 aliphatic rings. The van der Waals surface area contributed by atoms with Crippen LogP contribution < -0.4 is 0 Å². The molecule has 0 saturated heterocycles.